The van der Waals surface area contributed by atoms with E-state index in [-0.39, 0.29) is 29.4 Å². The van der Waals surface area contributed by atoms with Gasteiger partial charge in [0.25, 0.3) is 0 Å². The number of morpholine rings is 1. The summed E-state index contributed by atoms with van der Waals surface area (Å²) in [5.41, 5.74) is 0.224. The zero-order chi connectivity index (χ0) is 22.5. The molecule has 1 spiro atoms. The first-order valence-corrected chi connectivity index (χ1v) is 10.1. The molecule has 3 aliphatic heterocycles. The van der Waals surface area contributed by atoms with Gasteiger partial charge in [-0.05, 0) is 43.3 Å². The third-order valence-electron chi connectivity index (χ3n) is 5.85. The molecule has 0 bridgehead atoms. The zero-order valence-electron chi connectivity index (χ0n) is 17.2. The Kier molecular flexibility index (Phi) is 4.74. The Morgan fingerprint density at radius 2 is 1.94 bits per heavy atom. The van der Waals surface area contributed by atoms with Crippen molar-refractivity contribution < 1.29 is 33.7 Å². The molecule has 9 heteroatoms. The highest BCUT2D eigenvalue weighted by Gasteiger charge is 2.49. The number of aromatic hydroxyl groups is 1. The normalized spacial score (nSPS) is 24.8. The minimum atomic E-state index is -1.76. The minimum Gasteiger partial charge on any atom is -0.508 e. The number of rotatable bonds is 1. The molecule has 2 atom stereocenters. The zero-order valence-corrected chi connectivity index (χ0v) is 17.2. The molecule has 2 aromatic rings. The number of nitrogens with one attached hydrogen (secondary N) is 1. The lowest BCUT2D eigenvalue weighted by molar-refractivity contribution is -0.200. The Hall–Kier alpha value is -3.32. The number of carboxylic acid groups (broad SMARTS) is 1. The van der Waals surface area contributed by atoms with Crippen LogP contribution in [0.1, 0.15) is 23.6 Å². The Morgan fingerprint density at radius 3 is 2.62 bits per heavy atom. The van der Waals surface area contributed by atoms with E-state index in [9.17, 15) is 14.4 Å². The molecule has 0 radical (unpaired) electrons. The van der Waals surface area contributed by atoms with Crippen molar-refractivity contribution >= 4 is 6.09 Å². The van der Waals surface area contributed by atoms with E-state index in [2.05, 4.69) is 17.2 Å². The van der Waals surface area contributed by atoms with Gasteiger partial charge < -0.3 is 29.7 Å². The summed E-state index contributed by atoms with van der Waals surface area (Å²) in [5, 5.41) is 22.0. The Bertz CT molecular complexity index is 1150. The molecule has 3 aliphatic rings. The summed E-state index contributed by atoms with van der Waals surface area (Å²) < 4.78 is 31.7. The number of phenolic OH excluding ortho intramolecular Hbond substituents is 1. The summed E-state index contributed by atoms with van der Waals surface area (Å²) in [4.78, 5) is 11.2. The number of carbonyl (C=O) groups is 1. The molecular formula is C23H21FN2O6. The highest BCUT2D eigenvalue weighted by atomic mass is 19.2. The van der Waals surface area contributed by atoms with Gasteiger partial charge in [-0.15, -0.1) is 5.12 Å². The van der Waals surface area contributed by atoms with E-state index in [1.165, 1.54) is 12.1 Å². The molecule has 0 aromatic heterocycles. The van der Waals surface area contributed by atoms with Gasteiger partial charge in [0.15, 0.2) is 6.23 Å². The third kappa shape index (κ3) is 3.33. The fourth-order valence-electron chi connectivity index (χ4n) is 4.16. The summed E-state index contributed by atoms with van der Waals surface area (Å²) in [5.74, 6) is 7.26. The highest BCUT2D eigenvalue weighted by molar-refractivity contribution is 5.64. The van der Waals surface area contributed by atoms with Gasteiger partial charge in [-0.3, -0.25) is 0 Å². The SMILES string of the molecule is CC1(C#Cc2ccc3c(c2)C2(CNCC(N(F)C(=O)O)O2)c2cc(O)ccc2O3)COC1. The van der Waals surface area contributed by atoms with Crippen LogP contribution in [0, 0.1) is 17.3 Å². The number of benzene rings is 2. The molecule has 2 fully saturated rings. The van der Waals surface area contributed by atoms with Gasteiger partial charge in [0.1, 0.15) is 22.8 Å². The highest BCUT2D eigenvalue weighted by Crippen LogP contribution is 2.51. The lowest BCUT2D eigenvalue weighted by atomic mass is 9.81. The first kappa shape index (κ1) is 20.6. The molecule has 32 heavy (non-hydrogen) atoms. The van der Waals surface area contributed by atoms with E-state index in [0.717, 1.165) is 0 Å². The van der Waals surface area contributed by atoms with Crippen molar-refractivity contribution in [3.8, 4) is 29.1 Å². The summed E-state index contributed by atoms with van der Waals surface area (Å²) >= 11 is 0. The van der Waals surface area contributed by atoms with Crippen LogP contribution in [0.25, 0.3) is 0 Å². The van der Waals surface area contributed by atoms with Gasteiger partial charge in [-0.25, -0.2) is 4.79 Å². The maximum atomic E-state index is 14.3. The molecular weight excluding hydrogens is 419 g/mol. The number of halogens is 1. The standard InChI is InChI=1S/C23H21FN2O6/c1-22(12-30-13-22)7-6-14-2-4-18-16(8-14)23(17-9-15(27)3-5-19(17)31-18)11-25-10-20(32-23)26(24)21(28)29/h2-5,8-9,20,25,27H,10-13H2,1H3,(H,28,29). The van der Waals surface area contributed by atoms with Gasteiger partial charge >= 0.3 is 6.09 Å². The van der Waals surface area contributed by atoms with Crippen LogP contribution in [0.3, 0.4) is 0 Å². The van der Waals surface area contributed by atoms with Crippen molar-refractivity contribution in [3.05, 3.63) is 53.1 Å². The van der Waals surface area contributed by atoms with E-state index in [0.29, 0.717) is 41.4 Å². The van der Waals surface area contributed by atoms with E-state index < -0.39 is 17.9 Å². The number of amides is 1. The number of nitrogens with zero attached hydrogens (tertiary/aromatic N) is 1. The molecule has 0 aliphatic carbocycles. The number of phenols is 1. The Labute approximate surface area is 183 Å². The van der Waals surface area contributed by atoms with E-state index in [1.807, 2.05) is 13.0 Å². The molecule has 2 unspecified atom stereocenters. The van der Waals surface area contributed by atoms with E-state index in [4.69, 9.17) is 19.3 Å². The maximum absolute atomic E-state index is 14.3. The fraction of sp³-hybridized carbons (Fsp3) is 0.348. The van der Waals surface area contributed by atoms with Gasteiger partial charge in [-0.1, -0.05) is 16.3 Å². The molecule has 2 aromatic carbocycles. The van der Waals surface area contributed by atoms with Gasteiger partial charge in [0.05, 0.1) is 18.6 Å². The molecule has 3 N–H and O–H groups in total. The summed E-state index contributed by atoms with van der Waals surface area (Å²) in [6.45, 7) is 3.34. The van der Waals surface area contributed by atoms with Crippen molar-refractivity contribution in [1.82, 2.24) is 10.4 Å². The van der Waals surface area contributed by atoms with Crippen molar-refractivity contribution in [2.45, 2.75) is 18.8 Å². The first-order chi connectivity index (χ1) is 15.3. The van der Waals surface area contributed by atoms with Gasteiger partial charge in [-0.2, -0.15) is 0 Å². The summed E-state index contributed by atoms with van der Waals surface area (Å²) in [6.07, 6.45) is -3.16. The first-order valence-electron chi connectivity index (χ1n) is 10.1. The average molecular weight is 440 g/mol. The summed E-state index contributed by atoms with van der Waals surface area (Å²) in [7, 11) is 0. The van der Waals surface area contributed by atoms with Crippen LogP contribution < -0.4 is 10.1 Å². The quantitative estimate of drug-likeness (QED) is 0.463. The average Bonchev–Trinajstić information content (AvgIpc) is 2.77. The van der Waals surface area contributed by atoms with E-state index in [1.54, 1.807) is 18.2 Å². The van der Waals surface area contributed by atoms with Gasteiger partial charge in [0.2, 0.25) is 0 Å². The van der Waals surface area contributed by atoms with Crippen LogP contribution in [0.2, 0.25) is 0 Å². The molecule has 1 amide bonds. The Balaban J connectivity index is 1.63. The fourth-order valence-corrected chi connectivity index (χ4v) is 4.16. The molecule has 166 valence electrons. The third-order valence-corrected chi connectivity index (χ3v) is 5.85. The predicted molar refractivity (Wildman–Crippen MR) is 110 cm³/mol. The van der Waals surface area contributed by atoms with E-state index >= 15 is 0 Å². The lowest BCUT2D eigenvalue weighted by Crippen LogP contribution is -2.57. The molecule has 3 heterocycles. The predicted octanol–water partition coefficient (Wildman–Crippen LogP) is 2.94. The van der Waals surface area contributed by atoms with Crippen LogP contribution in [0.4, 0.5) is 9.28 Å². The number of ether oxygens (including phenoxy) is 3. The molecule has 0 saturated carbocycles. The molecule has 2 saturated heterocycles. The second kappa shape index (κ2) is 7.38. The molecule has 5 rings (SSSR count). The van der Waals surface area contributed by atoms with Crippen molar-refractivity contribution in [1.29, 1.82) is 0 Å². The smallest absolute Gasteiger partial charge is 0.438 e. The Morgan fingerprint density at radius 1 is 1.22 bits per heavy atom. The molecule has 8 nitrogen and oxygen atoms in total. The van der Waals surface area contributed by atoms with Crippen LogP contribution in [0.15, 0.2) is 36.4 Å². The second-order valence-electron chi connectivity index (χ2n) is 8.42. The number of hydrogen-bond donors (Lipinski definition) is 3. The number of fused-ring (bicyclic) bond motifs is 4. The van der Waals surface area contributed by atoms with Crippen molar-refractivity contribution in [2.75, 3.05) is 26.3 Å². The lowest BCUT2D eigenvalue weighted by Gasteiger charge is -2.45. The monoisotopic (exact) mass is 440 g/mol. The topological polar surface area (TPSA) is 100 Å². The van der Waals surface area contributed by atoms with Crippen LogP contribution in [0.5, 0.6) is 17.2 Å². The summed E-state index contributed by atoms with van der Waals surface area (Å²) in [6, 6.07) is 9.93. The minimum absolute atomic E-state index is 0.0231. The largest absolute Gasteiger partial charge is 0.508 e. The van der Waals surface area contributed by atoms with Gasteiger partial charge in [0, 0.05) is 29.8 Å². The van der Waals surface area contributed by atoms with Crippen molar-refractivity contribution in [2.24, 2.45) is 5.41 Å². The number of hydrogen-bond acceptors (Lipinski definition) is 6. The van der Waals surface area contributed by atoms with Crippen LogP contribution >= 0.6 is 0 Å². The van der Waals surface area contributed by atoms with Crippen molar-refractivity contribution in [3.63, 3.8) is 0 Å². The van der Waals surface area contributed by atoms with Crippen LogP contribution in [-0.2, 0) is 15.1 Å². The van der Waals surface area contributed by atoms with Crippen LogP contribution in [-0.4, -0.2) is 54.0 Å². The second-order valence-corrected chi connectivity index (χ2v) is 8.42. The maximum Gasteiger partial charge on any atom is 0.438 e.